The van der Waals surface area contributed by atoms with Crippen molar-refractivity contribution >= 4 is 32.8 Å². The van der Waals surface area contributed by atoms with Gasteiger partial charge < -0.3 is 0 Å². The summed E-state index contributed by atoms with van der Waals surface area (Å²) in [6.45, 7) is 0.523. The largest absolute Gasteiger partial charge is 0.264 e. The van der Waals surface area contributed by atoms with Crippen molar-refractivity contribution in [2.75, 3.05) is 6.54 Å². The topological polar surface area (TPSA) is 76.1 Å². The Balaban J connectivity index is 1.75. The fraction of sp³-hybridized carbons (Fsp3) is 0.312. The molecule has 2 aromatic heterocycles. The molecule has 1 saturated heterocycles. The zero-order chi connectivity index (χ0) is 16.6. The summed E-state index contributed by atoms with van der Waals surface area (Å²) in [4.78, 5) is 4.42. The maximum Gasteiger partial charge on any atom is 0.243 e. The Hall–Kier alpha value is -1.90. The summed E-state index contributed by atoms with van der Waals surface area (Å²) in [5.74, 6) is 0. The molecule has 0 spiro atoms. The van der Waals surface area contributed by atoms with Gasteiger partial charge in [-0.1, -0.05) is 12.5 Å². The van der Waals surface area contributed by atoms with E-state index in [1.54, 1.807) is 34.9 Å². The molecule has 6 nitrogen and oxygen atoms in total. The number of hydrogen-bond acceptors (Lipinski definition) is 6. The van der Waals surface area contributed by atoms with E-state index in [-0.39, 0.29) is 10.9 Å². The number of aromatic nitrogens is 3. The number of benzene rings is 1. The lowest BCUT2D eigenvalue weighted by molar-refractivity contribution is 0.255. The van der Waals surface area contributed by atoms with Gasteiger partial charge >= 0.3 is 0 Å². The second kappa shape index (κ2) is 6.19. The van der Waals surface area contributed by atoms with Gasteiger partial charge in [0.25, 0.3) is 0 Å². The molecule has 1 fully saturated rings. The highest BCUT2D eigenvalue weighted by molar-refractivity contribution is 7.89. The van der Waals surface area contributed by atoms with Gasteiger partial charge in [0.1, 0.15) is 11.0 Å². The highest BCUT2D eigenvalue weighted by Crippen LogP contribution is 2.35. The van der Waals surface area contributed by atoms with Gasteiger partial charge in [0.2, 0.25) is 10.0 Å². The third kappa shape index (κ3) is 2.70. The van der Waals surface area contributed by atoms with Crippen LogP contribution in [-0.4, -0.2) is 33.0 Å². The molecule has 1 atom stereocenters. The van der Waals surface area contributed by atoms with E-state index < -0.39 is 10.0 Å². The van der Waals surface area contributed by atoms with Crippen molar-refractivity contribution in [3.8, 4) is 0 Å². The van der Waals surface area contributed by atoms with Crippen LogP contribution in [0.1, 0.15) is 30.9 Å². The highest BCUT2D eigenvalue weighted by atomic mass is 32.2. The zero-order valence-corrected chi connectivity index (χ0v) is 14.5. The number of nitrogens with zero attached hydrogens (tertiary/aromatic N) is 4. The van der Waals surface area contributed by atoms with E-state index in [1.807, 2.05) is 12.1 Å². The van der Waals surface area contributed by atoms with Crippen LogP contribution >= 0.6 is 11.7 Å². The summed E-state index contributed by atoms with van der Waals surface area (Å²) >= 11 is 1.09. The molecule has 24 heavy (non-hydrogen) atoms. The number of hydrogen-bond donors (Lipinski definition) is 0. The van der Waals surface area contributed by atoms with Crippen LogP contribution in [0.2, 0.25) is 0 Å². The third-order valence-electron chi connectivity index (χ3n) is 4.35. The minimum Gasteiger partial charge on any atom is -0.264 e. The third-order valence-corrected chi connectivity index (χ3v) is 6.82. The zero-order valence-electron chi connectivity index (χ0n) is 12.9. The van der Waals surface area contributed by atoms with E-state index in [2.05, 4.69) is 13.7 Å². The summed E-state index contributed by atoms with van der Waals surface area (Å²) in [6.07, 6.45) is 6.16. The first-order valence-corrected chi connectivity index (χ1v) is 9.97. The lowest BCUT2D eigenvalue weighted by Gasteiger charge is -2.34. The van der Waals surface area contributed by atoms with Crippen LogP contribution in [0.25, 0.3) is 11.0 Å². The molecule has 124 valence electrons. The van der Waals surface area contributed by atoms with Crippen molar-refractivity contribution in [2.24, 2.45) is 0 Å². The molecule has 0 N–H and O–H groups in total. The maximum absolute atomic E-state index is 13.2. The van der Waals surface area contributed by atoms with Crippen molar-refractivity contribution in [2.45, 2.75) is 30.2 Å². The van der Waals surface area contributed by atoms with Crippen LogP contribution < -0.4 is 0 Å². The molecule has 0 aliphatic carbocycles. The van der Waals surface area contributed by atoms with Gasteiger partial charge in [0.05, 0.1) is 22.7 Å². The van der Waals surface area contributed by atoms with Crippen molar-refractivity contribution in [1.29, 1.82) is 0 Å². The van der Waals surface area contributed by atoms with Gasteiger partial charge in [0, 0.05) is 18.9 Å². The average molecular weight is 360 g/mol. The van der Waals surface area contributed by atoms with Gasteiger partial charge in [-0.3, -0.25) is 4.98 Å². The quantitative estimate of drug-likeness (QED) is 0.718. The van der Waals surface area contributed by atoms with E-state index in [4.69, 9.17) is 0 Å². The molecule has 0 bridgehead atoms. The van der Waals surface area contributed by atoms with Crippen molar-refractivity contribution < 1.29 is 8.42 Å². The Morgan fingerprint density at radius 1 is 1.12 bits per heavy atom. The smallest absolute Gasteiger partial charge is 0.243 e. The second-order valence-electron chi connectivity index (χ2n) is 5.83. The van der Waals surface area contributed by atoms with E-state index in [0.717, 1.165) is 42.1 Å². The Kier molecular flexibility index (Phi) is 4.03. The normalized spacial score (nSPS) is 19.6. The minimum absolute atomic E-state index is 0.165. The van der Waals surface area contributed by atoms with E-state index >= 15 is 0 Å². The first-order chi connectivity index (χ1) is 11.7. The highest BCUT2D eigenvalue weighted by Gasteiger charge is 2.34. The van der Waals surface area contributed by atoms with Crippen LogP contribution in [0.3, 0.4) is 0 Å². The second-order valence-corrected chi connectivity index (χ2v) is 8.25. The molecule has 3 heterocycles. The van der Waals surface area contributed by atoms with E-state index in [9.17, 15) is 8.42 Å². The molecule has 4 rings (SSSR count). The van der Waals surface area contributed by atoms with E-state index in [0.29, 0.717) is 12.1 Å². The van der Waals surface area contributed by atoms with Gasteiger partial charge in [-0.05, 0) is 42.7 Å². The molecule has 0 saturated carbocycles. The number of sulfonamides is 1. The SMILES string of the molecule is O=S(=O)(c1ccc2nsnc2c1)N1CCCCC1c1cccnc1. The van der Waals surface area contributed by atoms with Crippen molar-refractivity contribution in [1.82, 2.24) is 18.0 Å². The summed E-state index contributed by atoms with van der Waals surface area (Å²) in [5.41, 5.74) is 2.29. The Morgan fingerprint density at radius 2 is 2.00 bits per heavy atom. The lowest BCUT2D eigenvalue weighted by atomic mass is 9.99. The predicted octanol–water partition coefficient (Wildman–Crippen LogP) is 3.00. The van der Waals surface area contributed by atoms with Crippen LogP contribution in [0.4, 0.5) is 0 Å². The van der Waals surface area contributed by atoms with Gasteiger partial charge in [-0.25, -0.2) is 8.42 Å². The van der Waals surface area contributed by atoms with Crippen molar-refractivity contribution in [3.05, 3.63) is 48.3 Å². The molecular formula is C16H16N4O2S2. The molecule has 3 aromatic rings. The van der Waals surface area contributed by atoms with Crippen LogP contribution in [0.15, 0.2) is 47.6 Å². The summed E-state index contributed by atoms with van der Waals surface area (Å²) in [6, 6.07) is 8.58. The maximum atomic E-state index is 13.2. The van der Waals surface area contributed by atoms with Crippen LogP contribution in [0, 0.1) is 0 Å². The van der Waals surface area contributed by atoms with Crippen LogP contribution in [-0.2, 0) is 10.0 Å². The average Bonchev–Trinajstić information content (AvgIpc) is 3.10. The van der Waals surface area contributed by atoms with Gasteiger partial charge in [-0.15, -0.1) is 0 Å². The number of rotatable bonds is 3. The molecule has 0 radical (unpaired) electrons. The first kappa shape index (κ1) is 15.6. The molecular weight excluding hydrogens is 344 g/mol. The van der Waals surface area contributed by atoms with Gasteiger partial charge in [0.15, 0.2) is 0 Å². The molecule has 1 aliphatic rings. The molecule has 1 unspecified atom stereocenters. The lowest BCUT2D eigenvalue weighted by Crippen LogP contribution is -2.38. The summed E-state index contributed by atoms with van der Waals surface area (Å²) in [5, 5.41) is 0. The number of fused-ring (bicyclic) bond motifs is 1. The summed E-state index contributed by atoms with van der Waals surface area (Å²) < 4.78 is 36.3. The minimum atomic E-state index is -3.59. The molecule has 1 aliphatic heterocycles. The van der Waals surface area contributed by atoms with E-state index in [1.165, 1.54) is 0 Å². The first-order valence-electron chi connectivity index (χ1n) is 7.80. The predicted molar refractivity (Wildman–Crippen MR) is 92.1 cm³/mol. The monoisotopic (exact) mass is 360 g/mol. The standard InChI is InChI=1S/C16H16N4O2S2/c21-24(22,13-6-7-14-15(10-13)19-23-18-14)20-9-2-1-5-16(20)12-4-3-8-17-11-12/h3-4,6-8,10-11,16H,1-2,5,9H2. The number of piperidine rings is 1. The van der Waals surface area contributed by atoms with Gasteiger partial charge in [-0.2, -0.15) is 13.1 Å². The van der Waals surface area contributed by atoms with Crippen molar-refractivity contribution in [3.63, 3.8) is 0 Å². The Bertz CT molecular complexity index is 956. The molecule has 8 heteroatoms. The summed E-state index contributed by atoms with van der Waals surface area (Å²) in [7, 11) is -3.59. The van der Waals surface area contributed by atoms with Crippen LogP contribution in [0.5, 0.6) is 0 Å². The Labute approximate surface area is 144 Å². The fourth-order valence-corrected chi connectivity index (χ4v) is 5.38. The molecule has 1 aromatic carbocycles. The molecule has 0 amide bonds. The fourth-order valence-electron chi connectivity index (χ4n) is 3.16. The Morgan fingerprint density at radius 3 is 2.83 bits per heavy atom. The number of pyridine rings is 1.